The summed E-state index contributed by atoms with van der Waals surface area (Å²) in [5, 5.41) is 0.498. The quantitative estimate of drug-likeness (QED) is 0.480. The molecule has 2 aliphatic rings. The third-order valence-electron chi connectivity index (χ3n) is 6.71. The van der Waals surface area contributed by atoms with Gasteiger partial charge in [-0.1, -0.05) is 0 Å². The number of ether oxygens (including phenoxy) is 2. The predicted molar refractivity (Wildman–Crippen MR) is 131 cm³/mol. The molecule has 0 N–H and O–H groups in total. The number of hydrogen-bond acceptors (Lipinski definition) is 8. The van der Waals surface area contributed by atoms with Gasteiger partial charge >= 0.3 is 0 Å². The maximum absolute atomic E-state index is 12.9. The van der Waals surface area contributed by atoms with Crippen molar-refractivity contribution in [2.75, 3.05) is 45.7 Å². The molecule has 0 aromatic carbocycles. The molecule has 2 aliphatic heterocycles. The Labute approximate surface area is 204 Å². The topological polar surface area (TPSA) is 107 Å². The summed E-state index contributed by atoms with van der Waals surface area (Å²) >= 11 is 0. The highest BCUT2D eigenvalue weighted by atomic mass is 32.2. The van der Waals surface area contributed by atoms with Crippen molar-refractivity contribution in [1.29, 1.82) is 0 Å². The number of furan rings is 1. The molecule has 5 heterocycles. The molecule has 11 heteroatoms. The van der Waals surface area contributed by atoms with E-state index in [-0.39, 0.29) is 11.6 Å². The molecule has 35 heavy (non-hydrogen) atoms. The number of nitrogens with zero attached hydrogens (tertiary/aromatic N) is 4. The fourth-order valence-electron chi connectivity index (χ4n) is 4.58. The number of sulfonamides is 1. The maximum Gasteiger partial charge on any atom is 0.261 e. The van der Waals surface area contributed by atoms with E-state index in [1.165, 1.54) is 10.6 Å². The van der Waals surface area contributed by atoms with Crippen LogP contribution in [0.2, 0.25) is 0 Å². The van der Waals surface area contributed by atoms with Crippen LogP contribution in [0.1, 0.15) is 12.7 Å². The van der Waals surface area contributed by atoms with Crippen molar-refractivity contribution in [3.63, 3.8) is 0 Å². The standard InChI is InChI=1S/C24H30N4O6S/c1-16-10-28(35(3,30)31)7-6-27(16)11-18-8-20-23(34-18)21(12-26(2)24(20)29)19-4-5-25-9-22(19)33-15-17-13-32-14-17/h4-5,8-9,12,16-17H,6-7,10-11,13-15H2,1-3H3. The molecule has 0 aliphatic carbocycles. The zero-order valence-corrected chi connectivity index (χ0v) is 21.0. The van der Waals surface area contributed by atoms with Crippen LogP contribution in [0.5, 0.6) is 5.75 Å². The summed E-state index contributed by atoms with van der Waals surface area (Å²) in [7, 11) is -1.50. The first-order chi connectivity index (χ1) is 16.7. The van der Waals surface area contributed by atoms with E-state index in [2.05, 4.69) is 9.88 Å². The average Bonchev–Trinajstić information content (AvgIpc) is 3.20. The summed E-state index contributed by atoms with van der Waals surface area (Å²) in [6, 6.07) is 3.68. The Bertz CT molecular complexity index is 1390. The molecule has 5 rings (SSSR count). The van der Waals surface area contributed by atoms with Crippen LogP contribution in [-0.4, -0.2) is 78.9 Å². The first-order valence-electron chi connectivity index (χ1n) is 11.7. The Morgan fingerprint density at radius 3 is 2.71 bits per heavy atom. The Hall–Kier alpha value is -2.73. The fourth-order valence-corrected chi connectivity index (χ4v) is 5.48. The van der Waals surface area contributed by atoms with Gasteiger partial charge in [-0.05, 0) is 19.1 Å². The summed E-state index contributed by atoms with van der Waals surface area (Å²) < 4.78 is 44.4. The lowest BCUT2D eigenvalue weighted by atomic mass is 10.1. The summed E-state index contributed by atoms with van der Waals surface area (Å²) in [5.41, 5.74) is 1.92. The maximum atomic E-state index is 12.9. The van der Waals surface area contributed by atoms with E-state index in [4.69, 9.17) is 13.9 Å². The zero-order chi connectivity index (χ0) is 24.7. The van der Waals surface area contributed by atoms with Gasteiger partial charge in [0, 0.05) is 62.2 Å². The van der Waals surface area contributed by atoms with E-state index >= 15 is 0 Å². The second kappa shape index (κ2) is 9.38. The van der Waals surface area contributed by atoms with Crippen LogP contribution < -0.4 is 10.3 Å². The van der Waals surface area contributed by atoms with Crippen LogP contribution in [0.4, 0.5) is 0 Å². The van der Waals surface area contributed by atoms with Crippen molar-refractivity contribution in [3.8, 4) is 16.9 Å². The molecule has 1 atom stereocenters. The Morgan fingerprint density at radius 2 is 2.03 bits per heavy atom. The van der Waals surface area contributed by atoms with Gasteiger partial charge in [-0.3, -0.25) is 14.7 Å². The number of piperazine rings is 1. The Morgan fingerprint density at radius 1 is 1.23 bits per heavy atom. The summed E-state index contributed by atoms with van der Waals surface area (Å²) in [4.78, 5) is 19.3. The second-order valence-corrected chi connectivity index (χ2v) is 11.4. The summed E-state index contributed by atoms with van der Waals surface area (Å²) in [6.07, 6.45) is 6.38. The largest absolute Gasteiger partial charge is 0.491 e. The lowest BCUT2D eigenvalue weighted by molar-refractivity contribution is -0.0508. The van der Waals surface area contributed by atoms with Crippen LogP contribution in [-0.2, 0) is 28.4 Å². The van der Waals surface area contributed by atoms with Gasteiger partial charge in [0.2, 0.25) is 10.0 Å². The van der Waals surface area contributed by atoms with Crippen molar-refractivity contribution < 1.29 is 22.3 Å². The average molecular weight is 503 g/mol. The van der Waals surface area contributed by atoms with Gasteiger partial charge in [0.05, 0.1) is 44.2 Å². The highest BCUT2D eigenvalue weighted by Gasteiger charge is 2.29. The molecular weight excluding hydrogens is 472 g/mol. The van der Waals surface area contributed by atoms with Crippen molar-refractivity contribution in [1.82, 2.24) is 18.8 Å². The molecule has 2 saturated heterocycles. The first-order valence-corrected chi connectivity index (χ1v) is 13.5. The van der Waals surface area contributed by atoms with E-state index in [0.29, 0.717) is 74.4 Å². The predicted octanol–water partition coefficient (Wildman–Crippen LogP) is 1.68. The Balaban J connectivity index is 1.45. The lowest BCUT2D eigenvalue weighted by Gasteiger charge is -2.38. The van der Waals surface area contributed by atoms with Crippen LogP contribution in [0.25, 0.3) is 22.1 Å². The van der Waals surface area contributed by atoms with Crippen molar-refractivity contribution in [2.24, 2.45) is 13.0 Å². The third-order valence-corrected chi connectivity index (χ3v) is 7.98. The molecule has 0 amide bonds. The highest BCUT2D eigenvalue weighted by Crippen LogP contribution is 2.35. The zero-order valence-electron chi connectivity index (χ0n) is 20.1. The van der Waals surface area contributed by atoms with E-state index < -0.39 is 10.0 Å². The molecule has 0 saturated carbocycles. The molecule has 3 aromatic heterocycles. The molecule has 10 nitrogen and oxygen atoms in total. The number of fused-ring (bicyclic) bond motifs is 1. The van der Waals surface area contributed by atoms with Gasteiger partial charge in [-0.15, -0.1) is 0 Å². The highest BCUT2D eigenvalue weighted by molar-refractivity contribution is 7.88. The number of aromatic nitrogens is 2. The number of hydrogen-bond donors (Lipinski definition) is 0. The van der Waals surface area contributed by atoms with Crippen molar-refractivity contribution >= 4 is 21.0 Å². The lowest BCUT2D eigenvalue weighted by Crippen LogP contribution is -2.52. The molecule has 0 radical (unpaired) electrons. The summed E-state index contributed by atoms with van der Waals surface area (Å²) in [6.45, 7) is 5.85. The molecule has 3 aromatic rings. The van der Waals surface area contributed by atoms with Crippen LogP contribution >= 0.6 is 0 Å². The number of rotatable bonds is 7. The number of pyridine rings is 2. The monoisotopic (exact) mass is 502 g/mol. The minimum Gasteiger partial charge on any atom is -0.491 e. The van der Waals surface area contributed by atoms with Gasteiger partial charge < -0.3 is 18.5 Å². The van der Waals surface area contributed by atoms with E-state index in [1.807, 2.05) is 13.0 Å². The van der Waals surface area contributed by atoms with Gasteiger partial charge in [-0.2, -0.15) is 4.31 Å². The molecule has 1 unspecified atom stereocenters. The molecule has 0 spiro atoms. The normalized spacial score (nSPS) is 20.3. The minimum atomic E-state index is -3.22. The van der Waals surface area contributed by atoms with Crippen molar-refractivity contribution in [2.45, 2.75) is 19.5 Å². The third kappa shape index (κ3) is 4.86. The molecule has 2 fully saturated rings. The van der Waals surface area contributed by atoms with Gasteiger partial charge in [0.1, 0.15) is 17.1 Å². The van der Waals surface area contributed by atoms with E-state index in [1.54, 1.807) is 36.3 Å². The second-order valence-electron chi connectivity index (χ2n) is 9.44. The van der Waals surface area contributed by atoms with Crippen molar-refractivity contribution in [3.05, 3.63) is 46.8 Å². The van der Waals surface area contributed by atoms with Crippen LogP contribution in [0.3, 0.4) is 0 Å². The Kier molecular flexibility index (Phi) is 6.43. The number of aryl methyl sites for hydroxylation is 1. The van der Waals surface area contributed by atoms with Crippen LogP contribution in [0.15, 0.2) is 39.9 Å². The van der Waals surface area contributed by atoms with Crippen LogP contribution in [0, 0.1) is 5.92 Å². The molecule has 188 valence electrons. The first kappa shape index (κ1) is 24.0. The minimum absolute atomic E-state index is 0.0182. The van der Waals surface area contributed by atoms with E-state index in [9.17, 15) is 13.2 Å². The molecular formula is C24H30N4O6S. The van der Waals surface area contributed by atoms with Gasteiger partial charge in [-0.25, -0.2) is 8.42 Å². The van der Waals surface area contributed by atoms with E-state index in [0.717, 1.165) is 11.1 Å². The van der Waals surface area contributed by atoms with Gasteiger partial charge in [0.15, 0.2) is 0 Å². The van der Waals surface area contributed by atoms with Gasteiger partial charge in [0.25, 0.3) is 5.56 Å². The fraction of sp³-hybridized carbons (Fsp3) is 0.500. The SMILES string of the molecule is CC1CN(S(C)(=O)=O)CCN1Cc1cc2c(=O)n(C)cc(-c3ccncc3OCC3COC3)c2o1. The molecule has 0 bridgehead atoms. The smallest absolute Gasteiger partial charge is 0.261 e. The summed E-state index contributed by atoms with van der Waals surface area (Å²) in [5.74, 6) is 1.65.